The van der Waals surface area contributed by atoms with Gasteiger partial charge in [-0.25, -0.2) is 0 Å². The van der Waals surface area contributed by atoms with Crippen LogP contribution in [-0.2, 0) is 4.79 Å². The molecule has 3 heteroatoms. The van der Waals surface area contributed by atoms with Crippen LogP contribution in [0.2, 0.25) is 0 Å². The average molecular weight is 323 g/mol. The van der Waals surface area contributed by atoms with Crippen LogP contribution in [0.15, 0.2) is 48.5 Å². The molecule has 0 radical (unpaired) electrons. The average Bonchev–Trinajstić information content (AvgIpc) is 2.62. The van der Waals surface area contributed by atoms with Gasteiger partial charge in [0.15, 0.2) is 6.61 Å². The van der Waals surface area contributed by atoms with E-state index in [0.29, 0.717) is 6.04 Å². The van der Waals surface area contributed by atoms with Gasteiger partial charge >= 0.3 is 0 Å². The Labute approximate surface area is 144 Å². The Hall–Kier alpha value is -2.29. The molecule has 126 valence electrons. The minimum atomic E-state index is -0.0236. The van der Waals surface area contributed by atoms with E-state index in [1.54, 1.807) is 0 Å². The highest BCUT2D eigenvalue weighted by Crippen LogP contribution is 2.23. The fraction of sp³-hybridized carbons (Fsp3) is 0.381. The quantitative estimate of drug-likeness (QED) is 0.880. The molecule has 1 N–H and O–H groups in total. The van der Waals surface area contributed by atoms with E-state index in [4.69, 9.17) is 4.74 Å². The van der Waals surface area contributed by atoms with Crippen LogP contribution in [0.1, 0.15) is 37.7 Å². The van der Waals surface area contributed by atoms with Gasteiger partial charge in [0.1, 0.15) is 5.75 Å². The zero-order valence-electron chi connectivity index (χ0n) is 14.3. The molecule has 0 spiro atoms. The third-order valence-electron chi connectivity index (χ3n) is 4.58. The van der Waals surface area contributed by atoms with E-state index in [9.17, 15) is 4.79 Å². The maximum Gasteiger partial charge on any atom is 0.258 e. The lowest BCUT2D eigenvalue weighted by Gasteiger charge is -2.22. The van der Waals surface area contributed by atoms with Gasteiger partial charge in [0.25, 0.3) is 5.91 Å². The molecule has 1 amide bonds. The van der Waals surface area contributed by atoms with Gasteiger partial charge in [-0.05, 0) is 43.0 Å². The predicted molar refractivity (Wildman–Crippen MR) is 97.1 cm³/mol. The number of rotatable bonds is 5. The number of hydrogen-bond donors (Lipinski definition) is 1. The Morgan fingerprint density at radius 1 is 0.958 bits per heavy atom. The molecule has 0 saturated heterocycles. The van der Waals surface area contributed by atoms with Crippen LogP contribution in [-0.4, -0.2) is 18.6 Å². The Bertz CT molecular complexity index is 655. The van der Waals surface area contributed by atoms with Crippen molar-refractivity contribution in [2.75, 3.05) is 6.61 Å². The van der Waals surface area contributed by atoms with Gasteiger partial charge in [0.2, 0.25) is 0 Å². The fourth-order valence-electron chi connectivity index (χ4n) is 3.15. The summed E-state index contributed by atoms with van der Waals surface area (Å²) in [6, 6.07) is 16.7. The number of carbonyl (C=O) groups excluding carboxylic acids is 1. The van der Waals surface area contributed by atoms with Gasteiger partial charge in [0, 0.05) is 6.04 Å². The number of ether oxygens (including phenoxy) is 1. The second-order valence-electron chi connectivity index (χ2n) is 6.58. The Morgan fingerprint density at radius 3 is 2.17 bits per heavy atom. The molecule has 0 atom stereocenters. The first-order valence-corrected chi connectivity index (χ1v) is 8.80. The van der Waals surface area contributed by atoms with Crippen molar-refractivity contribution in [3.63, 3.8) is 0 Å². The summed E-state index contributed by atoms with van der Waals surface area (Å²) >= 11 is 0. The molecule has 3 nitrogen and oxygen atoms in total. The van der Waals surface area contributed by atoms with Crippen LogP contribution >= 0.6 is 0 Å². The third kappa shape index (κ3) is 4.60. The molecular formula is C21H25NO2. The molecule has 1 aliphatic carbocycles. The lowest BCUT2D eigenvalue weighted by Crippen LogP contribution is -2.38. The van der Waals surface area contributed by atoms with E-state index in [2.05, 4.69) is 36.5 Å². The van der Waals surface area contributed by atoms with Crippen LogP contribution in [0.5, 0.6) is 5.75 Å². The molecule has 0 bridgehead atoms. The second-order valence-corrected chi connectivity index (χ2v) is 6.58. The van der Waals surface area contributed by atoms with Crippen molar-refractivity contribution in [1.82, 2.24) is 5.32 Å². The minimum absolute atomic E-state index is 0.0236. The number of carbonyl (C=O) groups is 1. The minimum Gasteiger partial charge on any atom is -0.484 e. The second kappa shape index (κ2) is 8.00. The van der Waals surface area contributed by atoms with Gasteiger partial charge in [-0.3, -0.25) is 4.79 Å². The van der Waals surface area contributed by atoms with Gasteiger partial charge in [-0.1, -0.05) is 61.2 Å². The summed E-state index contributed by atoms with van der Waals surface area (Å²) in [4.78, 5) is 12.0. The number of hydrogen-bond acceptors (Lipinski definition) is 2. The summed E-state index contributed by atoms with van der Waals surface area (Å²) in [6.45, 7) is 2.17. The van der Waals surface area contributed by atoms with E-state index in [1.165, 1.54) is 30.4 Å². The zero-order valence-corrected chi connectivity index (χ0v) is 14.3. The topological polar surface area (TPSA) is 38.3 Å². The highest BCUT2D eigenvalue weighted by Gasteiger charge is 2.15. The van der Waals surface area contributed by atoms with Crippen LogP contribution in [0.4, 0.5) is 0 Å². The number of benzene rings is 2. The van der Waals surface area contributed by atoms with Crippen LogP contribution < -0.4 is 10.1 Å². The first-order valence-electron chi connectivity index (χ1n) is 8.80. The van der Waals surface area contributed by atoms with Crippen molar-refractivity contribution < 1.29 is 9.53 Å². The SMILES string of the molecule is Cc1ccc(-c2ccc(OCC(=O)NC3CCCCC3)cc2)cc1. The molecule has 0 aromatic heterocycles. The lowest BCUT2D eigenvalue weighted by atomic mass is 9.95. The van der Waals surface area contributed by atoms with Crippen LogP contribution in [0, 0.1) is 6.92 Å². The van der Waals surface area contributed by atoms with Crippen molar-refractivity contribution in [2.24, 2.45) is 0 Å². The van der Waals surface area contributed by atoms with Crippen molar-refractivity contribution in [3.05, 3.63) is 54.1 Å². The standard InChI is InChI=1S/C21H25NO2/c1-16-7-9-17(10-8-16)18-11-13-20(14-12-18)24-15-21(23)22-19-5-3-2-4-6-19/h7-14,19H,2-6,15H2,1H3,(H,22,23). The fourth-order valence-corrected chi connectivity index (χ4v) is 3.15. The lowest BCUT2D eigenvalue weighted by molar-refractivity contribution is -0.124. The number of nitrogens with one attached hydrogen (secondary N) is 1. The smallest absolute Gasteiger partial charge is 0.258 e. The summed E-state index contributed by atoms with van der Waals surface area (Å²) in [5, 5.41) is 3.07. The summed E-state index contributed by atoms with van der Waals surface area (Å²) < 4.78 is 5.61. The molecule has 2 aromatic rings. The molecule has 1 saturated carbocycles. The Morgan fingerprint density at radius 2 is 1.54 bits per heavy atom. The maximum atomic E-state index is 12.0. The zero-order chi connectivity index (χ0) is 16.8. The molecule has 0 unspecified atom stereocenters. The van der Waals surface area contributed by atoms with Crippen molar-refractivity contribution >= 4 is 5.91 Å². The highest BCUT2D eigenvalue weighted by atomic mass is 16.5. The first-order chi connectivity index (χ1) is 11.7. The Balaban J connectivity index is 1.50. The monoisotopic (exact) mass is 323 g/mol. The van der Waals surface area contributed by atoms with E-state index < -0.39 is 0 Å². The Kier molecular flexibility index (Phi) is 5.52. The molecule has 24 heavy (non-hydrogen) atoms. The van der Waals surface area contributed by atoms with Gasteiger partial charge in [-0.15, -0.1) is 0 Å². The summed E-state index contributed by atoms with van der Waals surface area (Å²) in [6.07, 6.45) is 5.91. The number of aryl methyl sites for hydroxylation is 1. The normalized spacial score (nSPS) is 15.0. The van der Waals surface area contributed by atoms with Gasteiger partial charge < -0.3 is 10.1 Å². The van der Waals surface area contributed by atoms with Gasteiger partial charge in [0.05, 0.1) is 0 Å². The maximum absolute atomic E-state index is 12.0. The van der Waals surface area contributed by atoms with E-state index in [1.807, 2.05) is 24.3 Å². The summed E-state index contributed by atoms with van der Waals surface area (Å²) in [7, 11) is 0. The molecule has 3 rings (SSSR count). The largest absolute Gasteiger partial charge is 0.484 e. The van der Waals surface area contributed by atoms with E-state index >= 15 is 0 Å². The van der Waals surface area contributed by atoms with E-state index in [-0.39, 0.29) is 12.5 Å². The van der Waals surface area contributed by atoms with Crippen molar-refractivity contribution in [1.29, 1.82) is 0 Å². The summed E-state index contributed by atoms with van der Waals surface area (Å²) in [5.74, 6) is 0.703. The van der Waals surface area contributed by atoms with Gasteiger partial charge in [-0.2, -0.15) is 0 Å². The number of amides is 1. The summed E-state index contributed by atoms with van der Waals surface area (Å²) in [5.41, 5.74) is 3.58. The predicted octanol–water partition coefficient (Wildman–Crippen LogP) is 4.49. The van der Waals surface area contributed by atoms with E-state index in [0.717, 1.165) is 24.2 Å². The molecule has 0 aliphatic heterocycles. The first kappa shape index (κ1) is 16.6. The molecular weight excluding hydrogens is 298 g/mol. The molecule has 1 fully saturated rings. The molecule has 0 heterocycles. The van der Waals surface area contributed by atoms with Crippen molar-refractivity contribution in [2.45, 2.75) is 45.1 Å². The van der Waals surface area contributed by atoms with Crippen LogP contribution in [0.3, 0.4) is 0 Å². The molecule has 2 aromatic carbocycles. The molecule has 1 aliphatic rings. The van der Waals surface area contributed by atoms with Crippen molar-refractivity contribution in [3.8, 4) is 16.9 Å². The highest BCUT2D eigenvalue weighted by molar-refractivity contribution is 5.77. The third-order valence-corrected chi connectivity index (χ3v) is 4.58. The van der Waals surface area contributed by atoms with Crippen LogP contribution in [0.25, 0.3) is 11.1 Å².